The Kier molecular flexibility index (Phi) is 4.71. The molecule has 4 aromatic rings. The third-order valence-electron chi connectivity index (χ3n) is 3.86. The molecule has 0 bridgehead atoms. The second-order valence-electron chi connectivity index (χ2n) is 5.74. The van der Waals surface area contributed by atoms with E-state index in [1.807, 2.05) is 0 Å². The average Bonchev–Trinajstić information content (AvgIpc) is 3.29. The number of thiazole rings is 1. The van der Waals surface area contributed by atoms with Crippen LogP contribution in [-0.2, 0) is 10.0 Å². The number of benzene rings is 1. The lowest BCUT2D eigenvalue weighted by molar-refractivity contribution is -0.0429. The van der Waals surface area contributed by atoms with Crippen LogP contribution in [-0.4, -0.2) is 33.9 Å². The van der Waals surface area contributed by atoms with Gasteiger partial charge in [-0.15, -0.1) is 11.3 Å². The van der Waals surface area contributed by atoms with E-state index in [0.29, 0.717) is 21.9 Å². The van der Waals surface area contributed by atoms with Gasteiger partial charge in [0.15, 0.2) is 5.65 Å². The first-order chi connectivity index (χ1) is 13.7. The Labute approximate surface area is 170 Å². The summed E-state index contributed by atoms with van der Waals surface area (Å²) in [5.41, 5.74) is -2.75. The van der Waals surface area contributed by atoms with E-state index in [-0.39, 0.29) is 10.7 Å². The number of fused-ring (bicyclic) bond motifs is 1. The van der Waals surface area contributed by atoms with E-state index in [4.69, 9.17) is 11.6 Å². The normalized spacial score (nSPS) is 12.4. The molecule has 0 saturated carbocycles. The molecule has 0 unspecified atom stereocenters. The molecule has 150 valence electrons. The van der Waals surface area contributed by atoms with Crippen LogP contribution in [0, 0.1) is 0 Å². The molecule has 2 N–H and O–H groups in total. The van der Waals surface area contributed by atoms with Crippen LogP contribution in [0.3, 0.4) is 0 Å². The van der Waals surface area contributed by atoms with Gasteiger partial charge in [-0.2, -0.15) is 21.6 Å². The van der Waals surface area contributed by atoms with Crippen molar-refractivity contribution in [3.05, 3.63) is 47.2 Å². The molecular formula is C16H9ClF3N5O2S2. The number of nitrogens with one attached hydrogen (secondary N) is 2. The van der Waals surface area contributed by atoms with Gasteiger partial charge in [0.2, 0.25) is 0 Å². The van der Waals surface area contributed by atoms with Crippen molar-refractivity contribution in [2.75, 3.05) is 4.72 Å². The van der Waals surface area contributed by atoms with Gasteiger partial charge in [0, 0.05) is 22.7 Å². The molecule has 0 aliphatic rings. The minimum absolute atomic E-state index is 0.0469. The summed E-state index contributed by atoms with van der Waals surface area (Å²) in [6, 6.07) is 5.45. The number of nitrogens with zero attached hydrogens (tertiary/aromatic N) is 3. The quantitative estimate of drug-likeness (QED) is 0.462. The molecule has 0 amide bonds. The number of H-pyrrole nitrogens is 1. The molecule has 0 atom stereocenters. The monoisotopic (exact) mass is 459 g/mol. The van der Waals surface area contributed by atoms with Crippen molar-refractivity contribution in [1.82, 2.24) is 19.9 Å². The predicted molar refractivity (Wildman–Crippen MR) is 104 cm³/mol. The van der Waals surface area contributed by atoms with Gasteiger partial charge in [-0.25, -0.2) is 15.0 Å². The number of aromatic nitrogens is 4. The van der Waals surface area contributed by atoms with E-state index in [1.54, 1.807) is 17.6 Å². The molecule has 4 rings (SSSR count). The molecule has 0 aliphatic carbocycles. The van der Waals surface area contributed by atoms with Gasteiger partial charge in [0.05, 0.1) is 28.2 Å². The fourth-order valence-corrected chi connectivity index (χ4v) is 4.23. The topological polar surface area (TPSA) is 101 Å². The number of rotatable bonds is 4. The van der Waals surface area contributed by atoms with Crippen molar-refractivity contribution in [3.63, 3.8) is 0 Å². The summed E-state index contributed by atoms with van der Waals surface area (Å²) < 4.78 is 61.4. The van der Waals surface area contributed by atoms with Crippen molar-refractivity contribution in [3.8, 4) is 21.8 Å². The third kappa shape index (κ3) is 3.66. The molecule has 1 aromatic carbocycles. The molecule has 0 radical (unpaired) electrons. The van der Waals surface area contributed by atoms with E-state index in [2.05, 4.69) is 19.9 Å². The van der Waals surface area contributed by atoms with Crippen molar-refractivity contribution >= 4 is 49.8 Å². The number of imidazole rings is 1. The Morgan fingerprint density at radius 3 is 2.66 bits per heavy atom. The van der Waals surface area contributed by atoms with Crippen molar-refractivity contribution in [2.24, 2.45) is 0 Å². The van der Waals surface area contributed by atoms with Gasteiger partial charge in [0.1, 0.15) is 5.01 Å². The molecule has 0 aliphatic heterocycles. The zero-order chi connectivity index (χ0) is 20.8. The highest BCUT2D eigenvalue weighted by atomic mass is 35.5. The highest BCUT2D eigenvalue weighted by Crippen LogP contribution is 2.36. The number of hydrogen-bond donors (Lipinski definition) is 2. The Morgan fingerprint density at radius 1 is 1.14 bits per heavy atom. The van der Waals surface area contributed by atoms with Crippen LogP contribution in [0.4, 0.5) is 18.9 Å². The first-order valence-corrected chi connectivity index (χ1v) is 10.5. The largest absolute Gasteiger partial charge is 0.516 e. The number of pyridine rings is 1. The fourth-order valence-electron chi connectivity index (χ4n) is 2.55. The number of sulfonamides is 1. The molecule has 29 heavy (non-hydrogen) atoms. The number of halogens is 4. The molecule has 3 heterocycles. The lowest BCUT2D eigenvalue weighted by Gasteiger charge is -2.11. The highest BCUT2D eigenvalue weighted by Gasteiger charge is 2.46. The van der Waals surface area contributed by atoms with E-state index in [0.717, 1.165) is 17.1 Å². The lowest BCUT2D eigenvalue weighted by Crippen LogP contribution is -2.29. The Morgan fingerprint density at radius 2 is 1.93 bits per heavy atom. The zero-order valence-corrected chi connectivity index (χ0v) is 16.4. The molecule has 0 saturated heterocycles. The summed E-state index contributed by atoms with van der Waals surface area (Å²) in [4.78, 5) is 15.8. The summed E-state index contributed by atoms with van der Waals surface area (Å²) in [5.74, 6) is 0. The number of alkyl halides is 3. The second-order valence-corrected chi connectivity index (χ2v) is 8.68. The van der Waals surface area contributed by atoms with Gasteiger partial charge < -0.3 is 4.98 Å². The van der Waals surface area contributed by atoms with E-state index < -0.39 is 15.5 Å². The van der Waals surface area contributed by atoms with Crippen molar-refractivity contribution in [1.29, 1.82) is 0 Å². The standard InChI is InChI=1S/C16H9ClF3N5O2S2/c17-11-5-8(25-29(26,27)16(18,19)20)1-2-9(11)12-6-28-15(24-12)10-3-4-21-14-13(10)22-7-23-14/h1-7,25H,(H,21,22,23). The summed E-state index contributed by atoms with van der Waals surface area (Å²) in [6.07, 6.45) is 3.13. The maximum Gasteiger partial charge on any atom is 0.516 e. The highest BCUT2D eigenvalue weighted by molar-refractivity contribution is 7.93. The second kappa shape index (κ2) is 6.97. The minimum atomic E-state index is -5.53. The SMILES string of the molecule is O=S(=O)(Nc1ccc(-c2csc(-c3ccnc4nc[nH]c34)n2)c(Cl)c1)C(F)(F)F. The maximum atomic E-state index is 12.5. The average molecular weight is 460 g/mol. The summed E-state index contributed by atoms with van der Waals surface area (Å²) in [7, 11) is -5.53. The molecule has 13 heteroatoms. The van der Waals surface area contributed by atoms with Crippen molar-refractivity contribution in [2.45, 2.75) is 5.51 Å². The number of hydrogen-bond acceptors (Lipinski definition) is 6. The smallest absolute Gasteiger partial charge is 0.343 e. The lowest BCUT2D eigenvalue weighted by atomic mass is 10.1. The Hall–Kier alpha value is -2.70. The van der Waals surface area contributed by atoms with Crippen LogP contribution in [0.2, 0.25) is 5.02 Å². The Bertz CT molecular complexity index is 1320. The van der Waals surface area contributed by atoms with Crippen LogP contribution in [0.1, 0.15) is 0 Å². The van der Waals surface area contributed by atoms with Crippen LogP contribution in [0.15, 0.2) is 42.2 Å². The molecular weight excluding hydrogens is 451 g/mol. The van der Waals surface area contributed by atoms with Gasteiger partial charge in [-0.05, 0) is 24.3 Å². The molecule has 3 aromatic heterocycles. The van der Waals surface area contributed by atoms with Gasteiger partial charge in [-0.1, -0.05) is 11.6 Å². The van der Waals surface area contributed by atoms with E-state index in [1.165, 1.54) is 34.5 Å². The molecule has 0 spiro atoms. The predicted octanol–water partition coefficient (Wildman–Crippen LogP) is 4.66. The minimum Gasteiger partial charge on any atom is -0.343 e. The van der Waals surface area contributed by atoms with E-state index in [9.17, 15) is 21.6 Å². The van der Waals surface area contributed by atoms with Crippen LogP contribution >= 0.6 is 22.9 Å². The van der Waals surface area contributed by atoms with Crippen LogP contribution in [0.25, 0.3) is 33.0 Å². The van der Waals surface area contributed by atoms with Gasteiger partial charge in [-0.3, -0.25) is 4.72 Å². The first kappa shape index (κ1) is 19.6. The molecule has 7 nitrogen and oxygen atoms in total. The number of aromatic amines is 1. The number of anilines is 1. The van der Waals surface area contributed by atoms with E-state index >= 15 is 0 Å². The maximum absolute atomic E-state index is 12.5. The zero-order valence-electron chi connectivity index (χ0n) is 14.0. The van der Waals surface area contributed by atoms with Gasteiger partial charge in [0.25, 0.3) is 0 Å². The van der Waals surface area contributed by atoms with Gasteiger partial charge >= 0.3 is 15.5 Å². The fraction of sp³-hybridized carbons (Fsp3) is 0.0625. The Balaban J connectivity index is 1.66. The van der Waals surface area contributed by atoms with Crippen molar-refractivity contribution < 1.29 is 21.6 Å². The summed E-state index contributed by atoms with van der Waals surface area (Å²) in [6.45, 7) is 0. The summed E-state index contributed by atoms with van der Waals surface area (Å²) in [5, 5.41) is 2.44. The summed E-state index contributed by atoms with van der Waals surface area (Å²) >= 11 is 7.50. The first-order valence-electron chi connectivity index (χ1n) is 7.79. The third-order valence-corrected chi connectivity index (χ3v) is 6.17. The molecule has 0 fully saturated rings. The van der Waals surface area contributed by atoms with Crippen LogP contribution in [0.5, 0.6) is 0 Å². The van der Waals surface area contributed by atoms with Crippen LogP contribution < -0.4 is 4.72 Å².